The highest BCUT2D eigenvalue weighted by molar-refractivity contribution is 6.31. The minimum atomic E-state index is -0.00159. The van der Waals surface area contributed by atoms with Gasteiger partial charge in [-0.25, -0.2) is 0 Å². The van der Waals surface area contributed by atoms with Gasteiger partial charge in [0.2, 0.25) is 0 Å². The van der Waals surface area contributed by atoms with Gasteiger partial charge in [0.1, 0.15) is 11.9 Å². The summed E-state index contributed by atoms with van der Waals surface area (Å²) in [5.41, 5.74) is 1.10. The Morgan fingerprint density at radius 2 is 2.05 bits per heavy atom. The van der Waals surface area contributed by atoms with Crippen LogP contribution in [0.3, 0.4) is 0 Å². The molecule has 0 aliphatic carbocycles. The fourth-order valence-corrected chi connectivity index (χ4v) is 2.03. The number of benzene rings is 1. The quantitative estimate of drug-likeness (QED) is 0.795. The summed E-state index contributed by atoms with van der Waals surface area (Å²) in [7, 11) is 1.69. The van der Waals surface area contributed by atoms with Crippen LogP contribution < -0.4 is 10.1 Å². The van der Waals surface area contributed by atoms with E-state index in [9.17, 15) is 0 Å². The zero-order chi connectivity index (χ0) is 14.3. The Morgan fingerprint density at radius 3 is 2.63 bits per heavy atom. The number of hydrogen-bond acceptors (Lipinski definition) is 3. The van der Waals surface area contributed by atoms with Crippen molar-refractivity contribution < 1.29 is 9.47 Å². The molecule has 0 aliphatic heterocycles. The highest BCUT2D eigenvalue weighted by atomic mass is 35.5. The van der Waals surface area contributed by atoms with Crippen molar-refractivity contribution >= 4 is 11.6 Å². The van der Waals surface area contributed by atoms with Gasteiger partial charge in [0.05, 0.1) is 6.61 Å². The van der Waals surface area contributed by atoms with Crippen LogP contribution in [0, 0.1) is 0 Å². The van der Waals surface area contributed by atoms with Crippen molar-refractivity contribution in [2.24, 2.45) is 0 Å². The lowest BCUT2D eigenvalue weighted by atomic mass is 10.1. The molecule has 1 aromatic carbocycles. The number of halogens is 1. The van der Waals surface area contributed by atoms with Crippen LogP contribution in [0.4, 0.5) is 0 Å². The summed E-state index contributed by atoms with van der Waals surface area (Å²) >= 11 is 6.10. The van der Waals surface area contributed by atoms with E-state index in [0.29, 0.717) is 12.6 Å². The minimum Gasteiger partial charge on any atom is -0.487 e. The third-order valence-corrected chi connectivity index (χ3v) is 3.18. The molecule has 0 spiro atoms. The van der Waals surface area contributed by atoms with Crippen LogP contribution in [0.1, 0.15) is 26.3 Å². The Hall–Kier alpha value is -0.770. The molecule has 108 valence electrons. The number of aryl methyl sites for hydroxylation is 1. The molecule has 0 radical (unpaired) electrons. The molecular formula is C15H24ClNO2. The first-order valence-corrected chi connectivity index (χ1v) is 7.12. The topological polar surface area (TPSA) is 30.5 Å². The summed E-state index contributed by atoms with van der Waals surface area (Å²) in [5.74, 6) is 0.842. The van der Waals surface area contributed by atoms with Gasteiger partial charge < -0.3 is 14.8 Å². The maximum atomic E-state index is 6.10. The van der Waals surface area contributed by atoms with Crippen LogP contribution >= 0.6 is 11.6 Å². The number of nitrogens with one attached hydrogen (secondary N) is 1. The fraction of sp³-hybridized carbons (Fsp3) is 0.600. The first-order chi connectivity index (χ1) is 9.06. The van der Waals surface area contributed by atoms with Gasteiger partial charge in [0.15, 0.2) is 0 Å². The monoisotopic (exact) mass is 285 g/mol. The third kappa shape index (κ3) is 5.81. The molecule has 0 bridgehead atoms. The van der Waals surface area contributed by atoms with Crippen LogP contribution in [0.2, 0.25) is 5.02 Å². The van der Waals surface area contributed by atoms with Gasteiger partial charge in [-0.15, -0.1) is 0 Å². The van der Waals surface area contributed by atoms with Crippen LogP contribution in [0.5, 0.6) is 5.75 Å². The zero-order valence-corrected chi connectivity index (χ0v) is 13.0. The molecule has 0 saturated carbocycles. The third-order valence-electron chi connectivity index (χ3n) is 2.81. The Labute approximate surface area is 121 Å². The molecule has 3 nitrogen and oxygen atoms in total. The van der Waals surface area contributed by atoms with Crippen molar-refractivity contribution in [3.05, 3.63) is 28.8 Å². The average Bonchev–Trinajstić information content (AvgIpc) is 2.38. The standard InChI is InChI=1S/C15H24ClNO2/c1-5-12-8-13(6-7-15(12)16)19-14(10-18-4)9-17-11(2)3/h6-8,11,14,17H,5,9-10H2,1-4H3. The van der Waals surface area contributed by atoms with Gasteiger partial charge in [-0.3, -0.25) is 0 Å². The highest BCUT2D eigenvalue weighted by Gasteiger charge is 2.12. The van der Waals surface area contributed by atoms with Crippen molar-refractivity contribution in [3.8, 4) is 5.75 Å². The van der Waals surface area contributed by atoms with Crippen molar-refractivity contribution in [1.29, 1.82) is 0 Å². The molecule has 0 aromatic heterocycles. The summed E-state index contributed by atoms with van der Waals surface area (Å²) in [6.07, 6.45) is 0.896. The van der Waals surface area contributed by atoms with Gasteiger partial charge >= 0.3 is 0 Å². The SMILES string of the molecule is CCc1cc(OC(CNC(C)C)COC)ccc1Cl. The molecule has 1 aromatic rings. The van der Waals surface area contributed by atoms with Crippen LogP contribution in [-0.4, -0.2) is 32.4 Å². The number of hydrogen-bond donors (Lipinski definition) is 1. The Bertz CT molecular complexity index is 382. The highest BCUT2D eigenvalue weighted by Crippen LogP contribution is 2.23. The predicted molar refractivity (Wildman–Crippen MR) is 80.3 cm³/mol. The second-order valence-electron chi connectivity index (χ2n) is 4.86. The van der Waals surface area contributed by atoms with E-state index in [1.54, 1.807) is 7.11 Å². The van der Waals surface area contributed by atoms with Crippen molar-refractivity contribution in [1.82, 2.24) is 5.32 Å². The molecule has 0 fully saturated rings. The summed E-state index contributed by atoms with van der Waals surface area (Å²) < 4.78 is 11.2. The molecule has 1 rings (SSSR count). The van der Waals surface area contributed by atoms with E-state index in [1.165, 1.54) is 0 Å². The summed E-state index contributed by atoms with van der Waals surface area (Å²) in [6, 6.07) is 6.22. The first-order valence-electron chi connectivity index (χ1n) is 6.74. The molecule has 19 heavy (non-hydrogen) atoms. The van der Waals surface area contributed by atoms with Crippen molar-refractivity contribution in [2.75, 3.05) is 20.3 Å². The number of rotatable bonds is 8. The number of methoxy groups -OCH3 is 1. The van der Waals surface area contributed by atoms with Gasteiger partial charge in [-0.2, -0.15) is 0 Å². The van der Waals surface area contributed by atoms with Crippen LogP contribution in [0.15, 0.2) is 18.2 Å². The molecule has 1 atom stereocenters. The van der Waals surface area contributed by atoms with E-state index in [0.717, 1.165) is 29.3 Å². The molecule has 4 heteroatoms. The lowest BCUT2D eigenvalue weighted by molar-refractivity contribution is 0.0794. The summed E-state index contributed by atoms with van der Waals surface area (Å²) in [6.45, 7) is 7.63. The average molecular weight is 286 g/mol. The van der Waals surface area contributed by atoms with Crippen molar-refractivity contribution in [3.63, 3.8) is 0 Å². The summed E-state index contributed by atoms with van der Waals surface area (Å²) in [5, 5.41) is 4.15. The van der Waals surface area contributed by atoms with Crippen molar-refractivity contribution in [2.45, 2.75) is 39.3 Å². The van der Waals surface area contributed by atoms with Gasteiger partial charge in [-0.1, -0.05) is 32.4 Å². The van der Waals surface area contributed by atoms with E-state index in [-0.39, 0.29) is 6.10 Å². The summed E-state index contributed by atoms with van der Waals surface area (Å²) in [4.78, 5) is 0. The molecule has 0 amide bonds. The molecule has 0 saturated heterocycles. The van der Waals surface area contributed by atoms with E-state index in [2.05, 4.69) is 26.1 Å². The van der Waals surface area contributed by atoms with E-state index in [4.69, 9.17) is 21.1 Å². The van der Waals surface area contributed by atoms with Crippen LogP contribution in [-0.2, 0) is 11.2 Å². The molecule has 1 N–H and O–H groups in total. The maximum Gasteiger partial charge on any atom is 0.134 e. The Morgan fingerprint density at radius 1 is 1.32 bits per heavy atom. The number of ether oxygens (including phenoxy) is 2. The van der Waals surface area contributed by atoms with Crippen LogP contribution in [0.25, 0.3) is 0 Å². The van der Waals surface area contributed by atoms with E-state index in [1.807, 2.05) is 18.2 Å². The molecular weight excluding hydrogens is 262 g/mol. The molecule has 0 aliphatic rings. The van der Waals surface area contributed by atoms with Gasteiger partial charge in [0, 0.05) is 24.7 Å². The zero-order valence-electron chi connectivity index (χ0n) is 12.2. The van der Waals surface area contributed by atoms with E-state index >= 15 is 0 Å². The normalized spacial score (nSPS) is 12.7. The second-order valence-corrected chi connectivity index (χ2v) is 5.27. The second kappa shape index (κ2) is 8.41. The Balaban J connectivity index is 2.67. The maximum absolute atomic E-state index is 6.10. The predicted octanol–water partition coefficient (Wildman–Crippen LogP) is 3.29. The smallest absolute Gasteiger partial charge is 0.134 e. The van der Waals surface area contributed by atoms with Gasteiger partial charge in [0.25, 0.3) is 0 Å². The van der Waals surface area contributed by atoms with Gasteiger partial charge in [-0.05, 0) is 30.2 Å². The van der Waals surface area contributed by atoms with E-state index < -0.39 is 0 Å². The lowest BCUT2D eigenvalue weighted by Gasteiger charge is -2.21. The largest absolute Gasteiger partial charge is 0.487 e. The fourth-order valence-electron chi connectivity index (χ4n) is 1.78. The Kier molecular flexibility index (Phi) is 7.21. The molecule has 1 unspecified atom stereocenters. The first kappa shape index (κ1) is 16.3. The lowest BCUT2D eigenvalue weighted by Crippen LogP contribution is -2.38. The minimum absolute atomic E-state index is 0.00159. The molecule has 0 heterocycles.